The summed E-state index contributed by atoms with van der Waals surface area (Å²) in [6.07, 6.45) is 4.20. The predicted molar refractivity (Wildman–Crippen MR) is 104 cm³/mol. The topological polar surface area (TPSA) is 62.2 Å². The molecular weight excluding hydrogens is 344 g/mol. The van der Waals surface area contributed by atoms with Crippen LogP contribution >= 0.6 is 0 Å². The summed E-state index contributed by atoms with van der Waals surface area (Å²) in [6, 6.07) is 7.21. The molecule has 0 aliphatic carbocycles. The van der Waals surface area contributed by atoms with Gasteiger partial charge >= 0.3 is 0 Å². The summed E-state index contributed by atoms with van der Waals surface area (Å²) in [7, 11) is 3.36. The van der Waals surface area contributed by atoms with Gasteiger partial charge in [-0.1, -0.05) is 0 Å². The molecule has 0 bridgehead atoms. The zero-order chi connectivity index (χ0) is 19.2. The molecule has 6 heteroatoms. The molecule has 1 aromatic rings. The molecular formula is C21H32N2O4. The highest BCUT2D eigenvalue weighted by Gasteiger charge is 2.38. The Morgan fingerprint density at radius 1 is 1.15 bits per heavy atom. The van der Waals surface area contributed by atoms with Gasteiger partial charge in [0.25, 0.3) is 5.91 Å². The second-order valence-corrected chi connectivity index (χ2v) is 7.69. The molecule has 0 spiro atoms. The number of carbonyl (C=O) groups is 1. The number of aliphatic hydroxyl groups is 1. The fourth-order valence-electron chi connectivity index (χ4n) is 4.30. The monoisotopic (exact) mass is 376 g/mol. The van der Waals surface area contributed by atoms with E-state index in [1.165, 1.54) is 19.3 Å². The fraction of sp³-hybridized carbons (Fsp3) is 0.667. The minimum Gasteiger partial charge on any atom is -0.497 e. The van der Waals surface area contributed by atoms with Crippen LogP contribution in [0.4, 0.5) is 0 Å². The van der Waals surface area contributed by atoms with Crippen molar-refractivity contribution in [1.29, 1.82) is 0 Å². The Kier molecular flexibility index (Phi) is 7.10. The van der Waals surface area contributed by atoms with Gasteiger partial charge < -0.3 is 19.5 Å². The molecule has 2 aliphatic heterocycles. The lowest BCUT2D eigenvalue weighted by Gasteiger charge is -2.37. The third kappa shape index (κ3) is 5.00. The first kappa shape index (κ1) is 20.1. The zero-order valence-electron chi connectivity index (χ0n) is 16.5. The first-order valence-corrected chi connectivity index (χ1v) is 9.96. The second-order valence-electron chi connectivity index (χ2n) is 7.69. The molecule has 2 aliphatic rings. The minimum atomic E-state index is -0.475. The summed E-state index contributed by atoms with van der Waals surface area (Å²) in [5, 5.41) is 10.6. The van der Waals surface area contributed by atoms with Crippen molar-refractivity contribution in [3.8, 4) is 5.75 Å². The molecule has 2 fully saturated rings. The Hall–Kier alpha value is -1.63. The maximum atomic E-state index is 12.8. The number of rotatable bonds is 7. The van der Waals surface area contributed by atoms with Crippen LogP contribution in [0.5, 0.6) is 5.75 Å². The summed E-state index contributed by atoms with van der Waals surface area (Å²) in [4.78, 5) is 16.9. The molecule has 1 N–H and O–H groups in total. The summed E-state index contributed by atoms with van der Waals surface area (Å²) >= 11 is 0. The van der Waals surface area contributed by atoms with E-state index in [2.05, 4.69) is 4.90 Å². The molecule has 3 rings (SSSR count). The van der Waals surface area contributed by atoms with E-state index in [-0.39, 0.29) is 11.9 Å². The number of hydrogen-bond donors (Lipinski definition) is 1. The number of methoxy groups -OCH3 is 2. The van der Waals surface area contributed by atoms with Gasteiger partial charge in [-0.2, -0.15) is 0 Å². The van der Waals surface area contributed by atoms with E-state index >= 15 is 0 Å². The second kappa shape index (κ2) is 9.53. The van der Waals surface area contributed by atoms with Gasteiger partial charge in [0.15, 0.2) is 0 Å². The van der Waals surface area contributed by atoms with Crippen LogP contribution in [0.3, 0.4) is 0 Å². The first-order chi connectivity index (χ1) is 13.1. The summed E-state index contributed by atoms with van der Waals surface area (Å²) in [5.41, 5.74) is 0.639. The number of β-amino-alcohol motifs (C(OH)–C–C–N with tert-alkyl or cyclic N) is 1. The van der Waals surface area contributed by atoms with Crippen LogP contribution < -0.4 is 4.74 Å². The molecule has 2 saturated heterocycles. The lowest BCUT2D eigenvalue weighted by atomic mass is 9.91. The molecule has 27 heavy (non-hydrogen) atoms. The van der Waals surface area contributed by atoms with Crippen molar-refractivity contribution < 1.29 is 19.4 Å². The van der Waals surface area contributed by atoms with Gasteiger partial charge in [-0.05, 0) is 69.0 Å². The quantitative estimate of drug-likeness (QED) is 0.738. The Bertz CT molecular complexity index is 599. The average molecular weight is 376 g/mol. The van der Waals surface area contributed by atoms with E-state index in [1.807, 2.05) is 0 Å². The Labute approximate surface area is 162 Å². The van der Waals surface area contributed by atoms with Gasteiger partial charge in [-0.3, -0.25) is 9.69 Å². The van der Waals surface area contributed by atoms with E-state index in [0.717, 1.165) is 37.8 Å². The molecule has 6 nitrogen and oxygen atoms in total. The van der Waals surface area contributed by atoms with Crippen molar-refractivity contribution >= 4 is 5.91 Å². The summed E-state index contributed by atoms with van der Waals surface area (Å²) in [5.74, 6) is 1.47. The third-order valence-corrected chi connectivity index (χ3v) is 5.96. The standard InChI is InChI=1S/C21H32N2O4/c1-26-13-3-4-16-9-11-22(12-10-16)19-14-23(15-20(19)24)21(25)17-5-7-18(27-2)8-6-17/h5-8,16,19-20,24H,3-4,9-15H2,1-2H3/t19-,20-/m0/s1. The Morgan fingerprint density at radius 3 is 2.48 bits per heavy atom. The van der Waals surface area contributed by atoms with Crippen molar-refractivity contribution in [2.45, 2.75) is 37.8 Å². The van der Waals surface area contributed by atoms with Crippen LogP contribution in [0.25, 0.3) is 0 Å². The molecule has 2 atom stereocenters. The van der Waals surface area contributed by atoms with Crippen molar-refractivity contribution in [1.82, 2.24) is 9.80 Å². The smallest absolute Gasteiger partial charge is 0.254 e. The van der Waals surface area contributed by atoms with Crippen molar-refractivity contribution in [2.24, 2.45) is 5.92 Å². The fourth-order valence-corrected chi connectivity index (χ4v) is 4.30. The highest BCUT2D eigenvalue weighted by Crippen LogP contribution is 2.27. The molecule has 0 unspecified atom stereocenters. The summed E-state index contributed by atoms with van der Waals surface area (Å²) < 4.78 is 10.3. The maximum absolute atomic E-state index is 12.8. The maximum Gasteiger partial charge on any atom is 0.254 e. The number of amides is 1. The number of benzene rings is 1. The van der Waals surface area contributed by atoms with Crippen molar-refractivity contribution in [2.75, 3.05) is 47.0 Å². The first-order valence-electron chi connectivity index (χ1n) is 9.96. The molecule has 1 aromatic carbocycles. The Balaban J connectivity index is 1.51. The lowest BCUT2D eigenvalue weighted by molar-refractivity contribution is 0.0561. The predicted octanol–water partition coefficient (Wildman–Crippen LogP) is 2.02. The SMILES string of the molecule is COCCCC1CCN([C@H]2CN(C(=O)c3ccc(OC)cc3)C[C@@H]2O)CC1. The van der Waals surface area contributed by atoms with E-state index in [4.69, 9.17) is 9.47 Å². The number of carbonyl (C=O) groups excluding carboxylic acids is 1. The van der Waals surface area contributed by atoms with Crippen LogP contribution in [0, 0.1) is 5.92 Å². The zero-order valence-corrected chi connectivity index (χ0v) is 16.5. The van der Waals surface area contributed by atoms with E-state index < -0.39 is 6.10 Å². The number of aliphatic hydroxyl groups excluding tert-OH is 1. The number of hydrogen-bond acceptors (Lipinski definition) is 5. The largest absolute Gasteiger partial charge is 0.497 e. The third-order valence-electron chi connectivity index (χ3n) is 5.96. The molecule has 1 amide bonds. The van der Waals surface area contributed by atoms with E-state index in [0.29, 0.717) is 18.7 Å². The van der Waals surface area contributed by atoms with Gasteiger partial charge in [0, 0.05) is 32.4 Å². The van der Waals surface area contributed by atoms with Crippen LogP contribution in [0.1, 0.15) is 36.0 Å². The highest BCUT2D eigenvalue weighted by atomic mass is 16.5. The van der Waals surface area contributed by atoms with Gasteiger partial charge in [-0.25, -0.2) is 0 Å². The number of nitrogens with zero attached hydrogens (tertiary/aromatic N) is 2. The van der Waals surface area contributed by atoms with Crippen molar-refractivity contribution in [3.63, 3.8) is 0 Å². The van der Waals surface area contributed by atoms with Gasteiger partial charge in [0.2, 0.25) is 0 Å². The number of ether oxygens (including phenoxy) is 2. The van der Waals surface area contributed by atoms with Gasteiger partial charge in [-0.15, -0.1) is 0 Å². The van der Waals surface area contributed by atoms with E-state index in [1.54, 1.807) is 43.4 Å². The molecule has 150 valence electrons. The van der Waals surface area contributed by atoms with Gasteiger partial charge in [0.1, 0.15) is 5.75 Å². The van der Waals surface area contributed by atoms with Crippen LogP contribution in [0.2, 0.25) is 0 Å². The molecule has 0 aromatic heterocycles. The van der Waals surface area contributed by atoms with Crippen LogP contribution in [-0.4, -0.2) is 80.0 Å². The lowest BCUT2D eigenvalue weighted by Crippen LogP contribution is -2.47. The molecule has 0 radical (unpaired) electrons. The van der Waals surface area contributed by atoms with Crippen LogP contribution in [-0.2, 0) is 4.74 Å². The summed E-state index contributed by atoms with van der Waals surface area (Å²) in [6.45, 7) is 3.85. The number of likely N-dealkylation sites (tertiary alicyclic amines) is 2. The molecule has 0 saturated carbocycles. The van der Waals surface area contributed by atoms with E-state index in [9.17, 15) is 9.90 Å². The normalized spacial score (nSPS) is 24.3. The number of piperidine rings is 1. The highest BCUT2D eigenvalue weighted by molar-refractivity contribution is 5.94. The Morgan fingerprint density at radius 2 is 1.85 bits per heavy atom. The minimum absolute atomic E-state index is 0.0198. The van der Waals surface area contributed by atoms with Gasteiger partial charge in [0.05, 0.1) is 19.3 Å². The van der Waals surface area contributed by atoms with Crippen molar-refractivity contribution in [3.05, 3.63) is 29.8 Å². The molecule has 2 heterocycles. The average Bonchev–Trinajstić information content (AvgIpc) is 3.10. The van der Waals surface area contributed by atoms with Crippen LogP contribution in [0.15, 0.2) is 24.3 Å².